The molecule has 8 nitrogen and oxygen atoms in total. The van der Waals surface area contributed by atoms with Gasteiger partial charge in [-0.05, 0) is 49.6 Å². The number of carboxylic acid groups (broad SMARTS) is 1. The second-order valence-corrected chi connectivity index (χ2v) is 8.24. The van der Waals surface area contributed by atoms with Gasteiger partial charge in [-0.15, -0.1) is 0 Å². The average molecular weight is 492 g/mol. The highest BCUT2D eigenvalue weighted by Gasteiger charge is 2.10. The molecule has 0 aromatic heterocycles. The van der Waals surface area contributed by atoms with Crippen LogP contribution in [0.5, 0.6) is 5.75 Å². The van der Waals surface area contributed by atoms with E-state index in [0.29, 0.717) is 30.9 Å². The van der Waals surface area contributed by atoms with Crippen molar-refractivity contribution in [1.82, 2.24) is 5.32 Å². The van der Waals surface area contributed by atoms with Gasteiger partial charge in [0.15, 0.2) is 0 Å². The third-order valence-electron chi connectivity index (χ3n) is 5.25. The van der Waals surface area contributed by atoms with Gasteiger partial charge in [-0.2, -0.15) is 0 Å². The van der Waals surface area contributed by atoms with Gasteiger partial charge in [-0.1, -0.05) is 49.2 Å². The second kappa shape index (κ2) is 18.8. The van der Waals surface area contributed by atoms with E-state index in [4.69, 9.17) is 19.4 Å². The number of ether oxygens (including phenoxy) is 2. The molecule has 0 unspecified atom stereocenters. The molecular formula is C27H41NO7. The summed E-state index contributed by atoms with van der Waals surface area (Å²) in [5, 5.41) is 39.7. The molecule has 2 atom stereocenters. The van der Waals surface area contributed by atoms with Gasteiger partial charge < -0.3 is 35.2 Å². The zero-order valence-electron chi connectivity index (χ0n) is 20.9. The summed E-state index contributed by atoms with van der Waals surface area (Å²) in [5.41, 5.74) is 2.30. The van der Waals surface area contributed by atoms with Gasteiger partial charge in [0.2, 0.25) is 0 Å². The van der Waals surface area contributed by atoms with Crippen LogP contribution in [0.3, 0.4) is 0 Å². The van der Waals surface area contributed by atoms with Crippen molar-refractivity contribution in [2.45, 2.75) is 58.3 Å². The number of unbranched alkanes of at least 4 members (excludes halogenated alkanes) is 3. The Morgan fingerprint density at radius 1 is 0.971 bits per heavy atom. The Labute approximate surface area is 208 Å². The van der Waals surface area contributed by atoms with E-state index in [0.717, 1.165) is 45.8 Å². The molecule has 0 bridgehead atoms. The van der Waals surface area contributed by atoms with Gasteiger partial charge in [0.1, 0.15) is 5.75 Å². The smallest absolute Gasteiger partial charge is 0.300 e. The molecule has 0 amide bonds. The Balaban J connectivity index is 0.00000142. The number of phenols is 1. The summed E-state index contributed by atoms with van der Waals surface area (Å²) >= 11 is 0. The van der Waals surface area contributed by atoms with E-state index in [-0.39, 0.29) is 18.5 Å². The first-order valence-corrected chi connectivity index (χ1v) is 12.1. The van der Waals surface area contributed by atoms with Crippen LogP contribution in [0.15, 0.2) is 48.5 Å². The van der Waals surface area contributed by atoms with Gasteiger partial charge in [0.25, 0.3) is 5.97 Å². The Hall–Kier alpha value is -2.49. The molecule has 0 radical (unpaired) electrons. The Bertz CT molecular complexity index is 812. The Kier molecular flexibility index (Phi) is 16.4. The zero-order chi connectivity index (χ0) is 25.9. The van der Waals surface area contributed by atoms with Crippen LogP contribution in [-0.4, -0.2) is 59.3 Å². The van der Waals surface area contributed by atoms with Crippen LogP contribution in [0.4, 0.5) is 0 Å². The maximum Gasteiger partial charge on any atom is 0.300 e. The van der Waals surface area contributed by atoms with Crippen LogP contribution >= 0.6 is 0 Å². The van der Waals surface area contributed by atoms with Crippen molar-refractivity contribution >= 4 is 5.97 Å². The van der Waals surface area contributed by atoms with Crippen molar-refractivity contribution in [3.63, 3.8) is 0 Å². The summed E-state index contributed by atoms with van der Waals surface area (Å²) in [4.78, 5) is 9.00. The molecule has 0 fully saturated rings. The van der Waals surface area contributed by atoms with Gasteiger partial charge >= 0.3 is 0 Å². The summed E-state index contributed by atoms with van der Waals surface area (Å²) in [6.45, 7) is 6.15. The fraction of sp³-hybridized carbons (Fsp3) is 0.519. The third-order valence-corrected chi connectivity index (χ3v) is 5.25. The highest BCUT2D eigenvalue weighted by molar-refractivity contribution is 5.62. The van der Waals surface area contributed by atoms with E-state index in [9.17, 15) is 15.3 Å². The van der Waals surface area contributed by atoms with E-state index in [1.54, 1.807) is 12.1 Å². The van der Waals surface area contributed by atoms with Crippen LogP contribution in [-0.2, 0) is 20.9 Å². The molecule has 196 valence electrons. The number of carboxylic acids is 1. The number of aliphatic hydroxyl groups excluding tert-OH is 2. The van der Waals surface area contributed by atoms with Gasteiger partial charge in [0.05, 0.1) is 32.0 Å². The summed E-state index contributed by atoms with van der Waals surface area (Å²) < 4.78 is 11.4. The van der Waals surface area contributed by atoms with E-state index in [2.05, 4.69) is 24.4 Å². The number of nitrogens with one attached hydrogen (secondary N) is 1. The van der Waals surface area contributed by atoms with Crippen LogP contribution in [0, 0.1) is 0 Å². The molecule has 0 spiro atoms. The number of rotatable bonds is 16. The van der Waals surface area contributed by atoms with Crippen LogP contribution in [0.2, 0.25) is 0 Å². The predicted octanol–water partition coefficient (Wildman–Crippen LogP) is 3.95. The Morgan fingerprint density at radius 2 is 1.66 bits per heavy atom. The maximum atomic E-state index is 10.2. The number of aliphatic carboxylic acids is 1. The number of benzene rings is 2. The fourth-order valence-corrected chi connectivity index (χ4v) is 3.31. The number of aliphatic hydroxyl groups is 2. The zero-order valence-corrected chi connectivity index (χ0v) is 20.9. The molecule has 2 aromatic carbocycles. The molecule has 8 heteroatoms. The lowest BCUT2D eigenvalue weighted by Crippen LogP contribution is -2.22. The quantitative estimate of drug-likeness (QED) is 0.223. The SMILES string of the molecule is CC(=O)O.C[C@@H](OCCOCCCCCCNC[C@H](O)c1ccc(O)c(CO)c1)c1ccccc1. The van der Waals surface area contributed by atoms with Crippen molar-refractivity contribution in [3.05, 3.63) is 65.2 Å². The molecule has 35 heavy (non-hydrogen) atoms. The van der Waals surface area contributed by atoms with Crippen LogP contribution < -0.4 is 5.32 Å². The first-order chi connectivity index (χ1) is 16.8. The summed E-state index contributed by atoms with van der Waals surface area (Å²) in [5.74, 6) is -0.787. The number of carbonyl (C=O) groups is 1. The lowest BCUT2D eigenvalue weighted by molar-refractivity contribution is -0.134. The predicted molar refractivity (Wildman–Crippen MR) is 135 cm³/mol. The van der Waals surface area contributed by atoms with E-state index >= 15 is 0 Å². The highest BCUT2D eigenvalue weighted by atomic mass is 16.5. The summed E-state index contributed by atoms with van der Waals surface area (Å²) in [6.07, 6.45) is 3.73. The van der Waals surface area contributed by atoms with Crippen molar-refractivity contribution in [1.29, 1.82) is 0 Å². The molecule has 0 saturated carbocycles. The van der Waals surface area contributed by atoms with Gasteiger partial charge in [-0.3, -0.25) is 4.79 Å². The lowest BCUT2D eigenvalue weighted by Gasteiger charge is -2.14. The third kappa shape index (κ3) is 14.5. The number of aromatic hydroxyl groups is 1. The molecule has 0 aliphatic heterocycles. The van der Waals surface area contributed by atoms with E-state index in [1.165, 1.54) is 11.6 Å². The van der Waals surface area contributed by atoms with Crippen molar-refractivity contribution in [3.8, 4) is 5.75 Å². The van der Waals surface area contributed by atoms with Crippen LogP contribution in [0.25, 0.3) is 0 Å². The number of hydrogen-bond acceptors (Lipinski definition) is 7. The summed E-state index contributed by atoms with van der Waals surface area (Å²) in [6, 6.07) is 15.0. The number of hydrogen-bond donors (Lipinski definition) is 5. The fourth-order valence-electron chi connectivity index (χ4n) is 3.31. The van der Waals surface area contributed by atoms with Crippen LogP contribution in [0.1, 0.15) is 68.4 Å². The van der Waals surface area contributed by atoms with E-state index in [1.807, 2.05) is 18.2 Å². The standard InChI is InChI=1S/C25H37NO5.C2H4O2/c1-20(21-9-5-4-6-10-21)31-16-15-30-14-8-3-2-7-13-26-18-25(29)22-11-12-24(28)23(17-22)19-27;1-2(3)4/h4-6,9-12,17,20,25-29H,2-3,7-8,13-16,18-19H2,1H3;1H3,(H,3,4)/t20-,25+;/m1./s1. The normalized spacial score (nSPS) is 12.5. The second-order valence-electron chi connectivity index (χ2n) is 8.24. The highest BCUT2D eigenvalue weighted by Crippen LogP contribution is 2.22. The molecule has 2 rings (SSSR count). The molecule has 0 heterocycles. The van der Waals surface area contributed by atoms with Crippen molar-refractivity contribution in [2.24, 2.45) is 0 Å². The molecule has 0 saturated heterocycles. The Morgan fingerprint density at radius 3 is 2.34 bits per heavy atom. The van der Waals surface area contributed by atoms with Crippen molar-refractivity contribution in [2.75, 3.05) is 32.9 Å². The topological polar surface area (TPSA) is 128 Å². The van der Waals surface area contributed by atoms with Crippen molar-refractivity contribution < 1.29 is 34.7 Å². The van der Waals surface area contributed by atoms with Gasteiger partial charge in [0, 0.05) is 25.6 Å². The first-order valence-electron chi connectivity index (χ1n) is 12.1. The first kappa shape index (κ1) is 30.5. The monoisotopic (exact) mass is 491 g/mol. The van der Waals surface area contributed by atoms with Gasteiger partial charge in [-0.25, -0.2) is 0 Å². The summed E-state index contributed by atoms with van der Waals surface area (Å²) in [7, 11) is 0. The average Bonchev–Trinajstić information content (AvgIpc) is 2.84. The van der Waals surface area contributed by atoms with E-state index < -0.39 is 12.1 Å². The lowest BCUT2D eigenvalue weighted by atomic mass is 10.1. The maximum absolute atomic E-state index is 10.2. The molecular weight excluding hydrogens is 450 g/mol. The molecule has 0 aliphatic rings. The minimum atomic E-state index is -0.833. The minimum Gasteiger partial charge on any atom is -0.508 e. The largest absolute Gasteiger partial charge is 0.508 e. The molecule has 2 aromatic rings. The molecule has 0 aliphatic carbocycles. The molecule has 5 N–H and O–H groups in total. The minimum absolute atomic E-state index is 0.0460.